The fourth-order valence-electron chi connectivity index (χ4n) is 3.35. The quantitative estimate of drug-likeness (QED) is 0.175. The van der Waals surface area contributed by atoms with E-state index in [-0.39, 0.29) is 46.5 Å². The van der Waals surface area contributed by atoms with Gasteiger partial charge in [0.05, 0.1) is 0 Å². The van der Waals surface area contributed by atoms with Crippen LogP contribution in [0.4, 0.5) is 0 Å². The summed E-state index contributed by atoms with van der Waals surface area (Å²) in [6.45, 7) is 2.28. The molecule has 0 aliphatic heterocycles. The normalized spacial score (nSPS) is 10.2. The Labute approximate surface area is 190 Å². The maximum Gasteiger partial charge on any atom is 2.00 e. The number of aliphatic carboxylic acids is 1. The summed E-state index contributed by atoms with van der Waals surface area (Å²) in [5.41, 5.74) is 0. The Morgan fingerprint density at radius 2 is 0.769 bits per heavy atom. The van der Waals surface area contributed by atoms with Crippen LogP contribution in [0.15, 0.2) is 0 Å². The summed E-state index contributed by atoms with van der Waals surface area (Å²) in [5, 5.41) is 10.3. The summed E-state index contributed by atoms with van der Waals surface area (Å²) in [6, 6.07) is 0. The second-order valence-electron chi connectivity index (χ2n) is 7.49. The minimum atomic E-state index is -0.901. The average molecular weight is 420 g/mol. The smallest absolute Gasteiger partial charge is 0.550 e. The third kappa shape index (κ3) is 29.5. The number of carboxylic acid groups (broad SMARTS) is 1. The van der Waals surface area contributed by atoms with Gasteiger partial charge in [-0.1, -0.05) is 122 Å². The predicted octanol–water partition coefficient (Wildman–Crippen LogP) is 6.17. The van der Waals surface area contributed by atoms with Crippen molar-refractivity contribution in [1.29, 1.82) is 0 Å². The van der Waals surface area contributed by atoms with Gasteiger partial charge in [-0.05, 0) is 12.8 Å². The number of carbonyl (C=O) groups is 1. The Bertz CT molecular complexity index is 263. The van der Waals surface area contributed by atoms with Gasteiger partial charge in [0.2, 0.25) is 0 Å². The monoisotopic (exact) mass is 419 g/mol. The molecular weight excluding hydrogens is 376 g/mol. The van der Waals surface area contributed by atoms with Crippen molar-refractivity contribution in [2.24, 2.45) is 0 Å². The molecule has 0 saturated heterocycles. The van der Waals surface area contributed by atoms with E-state index in [9.17, 15) is 9.90 Å². The number of carboxylic acids is 1. The Kier molecular flexibility index (Phi) is 33.8. The van der Waals surface area contributed by atoms with E-state index in [0.29, 0.717) is 0 Å². The van der Waals surface area contributed by atoms with Gasteiger partial charge in [-0.2, -0.15) is 0 Å². The van der Waals surface area contributed by atoms with Crippen LogP contribution < -0.4 is 5.11 Å². The van der Waals surface area contributed by atoms with E-state index < -0.39 is 5.97 Å². The molecule has 0 aromatic carbocycles. The maximum absolute atomic E-state index is 10.3. The largest absolute Gasteiger partial charge is 2.00 e. The third-order valence-electron chi connectivity index (χ3n) is 4.98. The molecular formula is C22H43FeMgO2+3. The maximum atomic E-state index is 10.3. The van der Waals surface area contributed by atoms with Crippen molar-refractivity contribution in [3.63, 3.8) is 0 Å². The van der Waals surface area contributed by atoms with Crippen LogP contribution in [0.25, 0.3) is 0 Å². The second-order valence-corrected chi connectivity index (χ2v) is 7.49. The van der Waals surface area contributed by atoms with Crippen LogP contribution in [0.2, 0.25) is 0 Å². The Hall–Kier alpha value is 0.756. The van der Waals surface area contributed by atoms with E-state index in [1.165, 1.54) is 109 Å². The van der Waals surface area contributed by atoms with E-state index in [2.05, 4.69) is 6.92 Å². The summed E-state index contributed by atoms with van der Waals surface area (Å²) < 4.78 is 0. The number of unbranched alkanes of at least 4 members (excludes halogenated alkanes) is 18. The topological polar surface area (TPSA) is 40.1 Å². The Morgan fingerprint density at radius 3 is 1.00 bits per heavy atom. The van der Waals surface area contributed by atoms with Crippen LogP contribution in [0.1, 0.15) is 135 Å². The van der Waals surface area contributed by atoms with Gasteiger partial charge in [-0.15, -0.1) is 0 Å². The minimum absolute atomic E-state index is 0. The van der Waals surface area contributed by atoms with Gasteiger partial charge in [0.1, 0.15) is 0 Å². The molecule has 0 unspecified atom stereocenters. The molecule has 150 valence electrons. The van der Waals surface area contributed by atoms with Crippen LogP contribution in [0, 0.1) is 0 Å². The molecule has 0 aliphatic carbocycles. The molecule has 0 spiro atoms. The van der Waals surface area contributed by atoms with E-state index in [1.54, 1.807) is 0 Å². The van der Waals surface area contributed by atoms with E-state index in [1.807, 2.05) is 0 Å². The summed E-state index contributed by atoms with van der Waals surface area (Å²) in [4.78, 5) is 10.3. The number of hydrogen-bond donors (Lipinski definition) is 0. The summed E-state index contributed by atoms with van der Waals surface area (Å²) in [6.07, 6.45) is 25.7. The third-order valence-corrected chi connectivity index (χ3v) is 4.98. The first-order chi connectivity index (χ1) is 11.8. The van der Waals surface area contributed by atoms with Crippen molar-refractivity contribution < 1.29 is 27.0 Å². The zero-order valence-electron chi connectivity index (χ0n) is 17.5. The molecule has 0 bridgehead atoms. The first-order valence-corrected chi connectivity index (χ1v) is 11.0. The van der Waals surface area contributed by atoms with Gasteiger partial charge in [0.15, 0.2) is 0 Å². The van der Waals surface area contributed by atoms with Crippen LogP contribution in [0.5, 0.6) is 0 Å². The predicted molar refractivity (Wildman–Crippen MR) is 109 cm³/mol. The van der Waals surface area contributed by atoms with Gasteiger partial charge >= 0.3 is 40.1 Å². The van der Waals surface area contributed by atoms with Gasteiger partial charge < -0.3 is 9.90 Å². The van der Waals surface area contributed by atoms with Crippen molar-refractivity contribution in [3.8, 4) is 0 Å². The SMILES string of the molecule is CCCCCCCCCCCCCCCCCCCCCC(=O)[O-].[Fe+2].[Mg+2]. The first-order valence-electron chi connectivity index (χ1n) is 11.0. The van der Waals surface area contributed by atoms with Crippen molar-refractivity contribution in [1.82, 2.24) is 0 Å². The van der Waals surface area contributed by atoms with E-state index in [0.717, 1.165) is 12.8 Å². The molecule has 0 amide bonds. The molecule has 0 rings (SSSR count). The standard InChI is InChI=1S/C22H44O2.Fe.Mg/c1-2-3-4-5-6-7-8-9-10-11-12-13-14-15-16-17-18-19-20-21-22(23)24;;/h2-21H2,1H3,(H,23,24);;/q;2*+2/p-1. The number of carbonyl (C=O) groups excluding carboxylic acids is 1. The van der Waals surface area contributed by atoms with E-state index in [4.69, 9.17) is 0 Å². The molecule has 0 aliphatic rings. The zero-order chi connectivity index (χ0) is 17.7. The molecule has 0 heterocycles. The van der Waals surface area contributed by atoms with Crippen LogP contribution >= 0.6 is 0 Å². The molecule has 0 saturated carbocycles. The minimum Gasteiger partial charge on any atom is -0.550 e. The van der Waals surface area contributed by atoms with Crippen LogP contribution in [-0.2, 0) is 21.9 Å². The summed E-state index contributed by atoms with van der Waals surface area (Å²) in [5.74, 6) is -0.901. The fraction of sp³-hybridized carbons (Fsp3) is 0.955. The van der Waals surface area contributed by atoms with Gasteiger partial charge in [-0.3, -0.25) is 0 Å². The first kappa shape index (κ1) is 31.5. The molecule has 26 heavy (non-hydrogen) atoms. The molecule has 0 aromatic rings. The number of rotatable bonds is 20. The zero-order valence-corrected chi connectivity index (χ0v) is 20.0. The van der Waals surface area contributed by atoms with E-state index >= 15 is 0 Å². The van der Waals surface area contributed by atoms with Gasteiger partial charge in [0.25, 0.3) is 0 Å². The Morgan fingerprint density at radius 1 is 0.538 bits per heavy atom. The fourth-order valence-corrected chi connectivity index (χ4v) is 3.35. The molecule has 0 atom stereocenters. The van der Waals surface area contributed by atoms with Crippen molar-refractivity contribution >= 4 is 29.0 Å². The summed E-state index contributed by atoms with van der Waals surface area (Å²) in [7, 11) is 0. The van der Waals surface area contributed by atoms with Crippen molar-refractivity contribution in [2.75, 3.05) is 0 Å². The second kappa shape index (κ2) is 28.0. The average Bonchev–Trinajstić information content (AvgIpc) is 2.56. The molecule has 4 heteroatoms. The van der Waals surface area contributed by atoms with Crippen LogP contribution in [0.3, 0.4) is 0 Å². The number of hydrogen-bond acceptors (Lipinski definition) is 2. The Balaban J connectivity index is -0.00000264. The summed E-state index contributed by atoms with van der Waals surface area (Å²) >= 11 is 0. The van der Waals surface area contributed by atoms with Crippen LogP contribution in [-0.4, -0.2) is 29.0 Å². The van der Waals surface area contributed by atoms with Gasteiger partial charge in [-0.25, -0.2) is 0 Å². The van der Waals surface area contributed by atoms with Crippen molar-refractivity contribution in [3.05, 3.63) is 0 Å². The van der Waals surface area contributed by atoms with Gasteiger partial charge in [0, 0.05) is 5.97 Å². The van der Waals surface area contributed by atoms with Crippen molar-refractivity contribution in [2.45, 2.75) is 135 Å². The molecule has 0 radical (unpaired) electrons. The molecule has 0 aromatic heterocycles. The molecule has 2 nitrogen and oxygen atoms in total. The molecule has 0 fully saturated rings. The molecule has 0 N–H and O–H groups in total.